The van der Waals surface area contributed by atoms with Crippen molar-refractivity contribution in [2.75, 3.05) is 18.1 Å². The number of hydrazone groups is 1. The molecule has 0 aliphatic carbocycles. The zero-order valence-corrected chi connectivity index (χ0v) is 17.3. The van der Waals surface area contributed by atoms with Crippen molar-refractivity contribution in [2.24, 2.45) is 11.0 Å². The molecule has 0 radical (unpaired) electrons. The van der Waals surface area contributed by atoms with Gasteiger partial charge in [0.05, 0.1) is 46.8 Å². The van der Waals surface area contributed by atoms with Gasteiger partial charge < -0.3 is 10.1 Å². The lowest BCUT2D eigenvalue weighted by Crippen LogP contribution is -2.42. The van der Waals surface area contributed by atoms with Gasteiger partial charge in [-0.25, -0.2) is 14.1 Å². The average Bonchev–Trinajstić information content (AvgIpc) is 3.63. The number of pyridine rings is 1. The maximum atomic E-state index is 14.7. The molecule has 0 saturated carbocycles. The van der Waals surface area contributed by atoms with E-state index in [2.05, 4.69) is 25.4 Å². The van der Waals surface area contributed by atoms with Gasteiger partial charge in [0.2, 0.25) is 5.78 Å². The predicted octanol–water partition coefficient (Wildman–Crippen LogP) is 1.59. The molecular formula is C22H19FN8O2. The van der Waals surface area contributed by atoms with E-state index in [1.54, 1.807) is 11.1 Å². The number of aliphatic hydroxyl groups is 1. The number of Topliss-reactive ketones (excluding diaryl/α,β-unsaturated/α-hetero) is 1. The van der Waals surface area contributed by atoms with Gasteiger partial charge >= 0.3 is 0 Å². The number of nitrogens with zero attached hydrogens (tertiary/aromatic N) is 7. The van der Waals surface area contributed by atoms with Gasteiger partial charge in [-0.2, -0.15) is 5.10 Å². The Bertz CT molecular complexity index is 1350. The summed E-state index contributed by atoms with van der Waals surface area (Å²) in [6.45, 7) is 0.921. The van der Waals surface area contributed by atoms with Crippen LogP contribution in [0.5, 0.6) is 0 Å². The molecule has 1 aromatic carbocycles. The first-order valence-electron chi connectivity index (χ1n) is 10.5. The van der Waals surface area contributed by atoms with Crippen LogP contribution in [0.25, 0.3) is 16.7 Å². The highest BCUT2D eigenvalue weighted by Gasteiger charge is 2.43. The maximum absolute atomic E-state index is 14.7. The second kappa shape index (κ2) is 7.57. The monoisotopic (exact) mass is 446 g/mol. The van der Waals surface area contributed by atoms with Gasteiger partial charge in [-0.1, -0.05) is 23.4 Å². The van der Waals surface area contributed by atoms with Crippen molar-refractivity contribution in [3.63, 3.8) is 0 Å². The summed E-state index contributed by atoms with van der Waals surface area (Å²) >= 11 is 0. The summed E-state index contributed by atoms with van der Waals surface area (Å²) in [4.78, 5) is 21.9. The van der Waals surface area contributed by atoms with Crippen molar-refractivity contribution in [3.05, 3.63) is 66.5 Å². The average molecular weight is 446 g/mol. The molecule has 166 valence electrons. The molecular weight excluding hydrogens is 427 g/mol. The number of carbonyl (C=O) groups is 1. The number of aromatic nitrogens is 5. The van der Waals surface area contributed by atoms with E-state index < -0.39 is 17.8 Å². The van der Waals surface area contributed by atoms with Gasteiger partial charge in [-0.15, -0.1) is 5.10 Å². The second-order valence-electron chi connectivity index (χ2n) is 8.10. The molecule has 2 aliphatic rings. The Morgan fingerprint density at radius 3 is 2.88 bits per heavy atom. The summed E-state index contributed by atoms with van der Waals surface area (Å²) < 4.78 is 16.1. The Kier molecular flexibility index (Phi) is 4.52. The number of ketones is 1. The number of fused-ring (bicyclic) bond motifs is 2. The molecule has 4 aromatic rings. The number of rotatable bonds is 5. The summed E-state index contributed by atoms with van der Waals surface area (Å²) in [5, 5.41) is 25.1. The minimum atomic E-state index is -1.41. The van der Waals surface area contributed by atoms with Crippen LogP contribution in [0.15, 0.2) is 60.2 Å². The Morgan fingerprint density at radius 1 is 1.24 bits per heavy atom. The molecule has 6 rings (SSSR count). The number of aliphatic hydroxyl groups excluding tert-OH is 1. The summed E-state index contributed by atoms with van der Waals surface area (Å²) in [7, 11) is 0. The van der Waals surface area contributed by atoms with E-state index in [0.717, 1.165) is 11.9 Å². The van der Waals surface area contributed by atoms with Gasteiger partial charge in [-0.3, -0.25) is 14.7 Å². The van der Waals surface area contributed by atoms with Gasteiger partial charge in [0.1, 0.15) is 0 Å². The standard InChI is InChI=1S/C22H19FN8O2/c23-16-10-25-21(30-7-6-26-28-30)19-18(16)15(9-24-19)20(32)22(33)29-11-13-8-27-31(17(13)12-29)14-4-2-1-3-5-14/h1-10,13,17,22,24,33H,11-12H2. The summed E-state index contributed by atoms with van der Waals surface area (Å²) in [5.41, 5.74) is 1.32. The van der Waals surface area contributed by atoms with Crippen molar-refractivity contribution in [2.45, 2.75) is 12.3 Å². The number of hydrogen-bond donors (Lipinski definition) is 2. The van der Waals surface area contributed by atoms with Crippen molar-refractivity contribution in [1.29, 1.82) is 0 Å². The Labute approximate surface area is 187 Å². The lowest BCUT2D eigenvalue weighted by molar-refractivity contribution is 0.0205. The molecule has 0 bridgehead atoms. The first-order chi connectivity index (χ1) is 16.1. The lowest BCUT2D eigenvalue weighted by atomic mass is 10.1. The fourth-order valence-corrected chi connectivity index (χ4v) is 4.62. The van der Waals surface area contributed by atoms with Crippen LogP contribution in [-0.4, -0.2) is 72.3 Å². The smallest absolute Gasteiger partial charge is 0.208 e. The third kappa shape index (κ3) is 3.12. The van der Waals surface area contributed by atoms with Crippen LogP contribution in [0.2, 0.25) is 0 Å². The van der Waals surface area contributed by atoms with E-state index >= 15 is 0 Å². The highest BCUT2D eigenvalue weighted by Crippen LogP contribution is 2.33. The van der Waals surface area contributed by atoms with Crippen molar-refractivity contribution < 1.29 is 14.3 Å². The number of halogens is 1. The molecule has 2 N–H and O–H groups in total. The van der Waals surface area contributed by atoms with E-state index in [1.165, 1.54) is 17.1 Å². The van der Waals surface area contributed by atoms with Gasteiger partial charge in [0.25, 0.3) is 0 Å². The summed E-state index contributed by atoms with van der Waals surface area (Å²) in [6, 6.07) is 9.78. The van der Waals surface area contributed by atoms with Crippen LogP contribution >= 0.6 is 0 Å². The third-order valence-corrected chi connectivity index (χ3v) is 6.21. The van der Waals surface area contributed by atoms with Gasteiger partial charge in [-0.05, 0) is 12.1 Å². The van der Waals surface area contributed by atoms with Crippen LogP contribution in [0.3, 0.4) is 0 Å². The van der Waals surface area contributed by atoms with Crippen molar-refractivity contribution in [3.8, 4) is 5.82 Å². The summed E-state index contributed by atoms with van der Waals surface area (Å²) in [5.74, 6) is -0.858. The number of H-pyrrole nitrogens is 1. The van der Waals surface area contributed by atoms with Gasteiger partial charge in [0.15, 0.2) is 17.9 Å². The number of hydrogen-bond acceptors (Lipinski definition) is 8. The van der Waals surface area contributed by atoms with Crippen LogP contribution in [-0.2, 0) is 0 Å². The largest absolute Gasteiger partial charge is 0.371 e. The molecule has 33 heavy (non-hydrogen) atoms. The number of benzene rings is 1. The Morgan fingerprint density at radius 2 is 2.09 bits per heavy atom. The van der Waals surface area contributed by atoms with Crippen LogP contribution in [0, 0.1) is 11.7 Å². The van der Waals surface area contributed by atoms with E-state index in [-0.39, 0.29) is 22.9 Å². The molecule has 11 heteroatoms. The van der Waals surface area contributed by atoms with E-state index in [4.69, 9.17) is 0 Å². The normalized spacial score (nSPS) is 21.1. The fraction of sp³-hybridized carbons (Fsp3) is 0.227. The molecule has 3 atom stereocenters. The summed E-state index contributed by atoms with van der Waals surface area (Å²) in [6.07, 6.45) is 5.92. The van der Waals surface area contributed by atoms with Crippen LogP contribution < -0.4 is 5.01 Å². The first-order valence-corrected chi connectivity index (χ1v) is 10.5. The van der Waals surface area contributed by atoms with Crippen molar-refractivity contribution in [1.82, 2.24) is 29.9 Å². The Balaban J connectivity index is 1.28. The van der Waals surface area contributed by atoms with Gasteiger partial charge in [0, 0.05) is 31.4 Å². The fourth-order valence-electron chi connectivity index (χ4n) is 4.62. The molecule has 1 saturated heterocycles. The van der Waals surface area contributed by atoms with E-state index in [9.17, 15) is 14.3 Å². The Hall–Kier alpha value is -3.96. The number of likely N-dealkylation sites (tertiary alicyclic amines) is 1. The minimum absolute atomic E-state index is 0.0117. The highest BCUT2D eigenvalue weighted by atomic mass is 19.1. The topological polar surface area (TPSA) is 116 Å². The SMILES string of the molecule is O=C(c1c[nH]c2c(-n3ccnn3)ncc(F)c12)C(O)N1CC2C=NN(c3ccccc3)C2C1. The van der Waals surface area contributed by atoms with E-state index in [1.807, 2.05) is 41.6 Å². The van der Waals surface area contributed by atoms with Crippen molar-refractivity contribution >= 4 is 28.6 Å². The lowest BCUT2D eigenvalue weighted by Gasteiger charge is -2.25. The zero-order chi connectivity index (χ0) is 22.5. The van der Waals surface area contributed by atoms with Crippen LogP contribution in [0.1, 0.15) is 10.4 Å². The van der Waals surface area contributed by atoms with Crippen LogP contribution in [0.4, 0.5) is 10.1 Å². The number of carbonyl (C=O) groups excluding carboxylic acids is 1. The number of aromatic amines is 1. The number of anilines is 1. The maximum Gasteiger partial charge on any atom is 0.208 e. The molecule has 3 unspecified atom stereocenters. The molecule has 1 fully saturated rings. The third-order valence-electron chi connectivity index (χ3n) is 6.21. The number of nitrogens with one attached hydrogen (secondary N) is 1. The predicted molar refractivity (Wildman–Crippen MR) is 118 cm³/mol. The molecule has 2 aliphatic heterocycles. The first kappa shape index (κ1) is 19.7. The van der Waals surface area contributed by atoms with E-state index in [0.29, 0.717) is 24.4 Å². The second-order valence-corrected chi connectivity index (χ2v) is 8.10. The number of para-hydroxylation sites is 1. The zero-order valence-electron chi connectivity index (χ0n) is 17.3. The molecule has 10 nitrogen and oxygen atoms in total. The highest BCUT2D eigenvalue weighted by molar-refractivity contribution is 6.10. The quantitative estimate of drug-likeness (QED) is 0.447. The molecule has 0 amide bonds. The molecule has 0 spiro atoms. The minimum Gasteiger partial charge on any atom is -0.371 e. The molecule has 5 heterocycles. The molecule has 3 aromatic heterocycles.